The quantitative estimate of drug-likeness (QED) is 0.783. The first kappa shape index (κ1) is 10.5. The fraction of sp³-hybridized carbons (Fsp3) is 0.154. The summed E-state index contributed by atoms with van der Waals surface area (Å²) in [4.78, 5) is 11.6. The van der Waals surface area contributed by atoms with Crippen molar-refractivity contribution in [1.29, 1.82) is 0 Å². The van der Waals surface area contributed by atoms with Crippen molar-refractivity contribution >= 4 is 11.7 Å². The van der Waals surface area contributed by atoms with Crippen LogP contribution in [0.3, 0.4) is 0 Å². The second kappa shape index (κ2) is 5.16. The number of amides is 2. The zero-order valence-electron chi connectivity index (χ0n) is 8.94. The lowest BCUT2D eigenvalue weighted by Crippen LogP contribution is -2.27. The Morgan fingerprint density at radius 1 is 1.12 bits per heavy atom. The van der Waals surface area contributed by atoms with Crippen molar-refractivity contribution in [2.45, 2.75) is 12.8 Å². The highest BCUT2D eigenvalue weighted by molar-refractivity contribution is 5.90. The lowest BCUT2D eigenvalue weighted by atomic mass is 10.1. The van der Waals surface area contributed by atoms with E-state index in [9.17, 15) is 4.79 Å². The van der Waals surface area contributed by atoms with Gasteiger partial charge in [-0.2, -0.15) is 0 Å². The maximum Gasteiger partial charge on any atom is 0.323 e. The second-order valence-electron chi connectivity index (χ2n) is 3.58. The summed E-state index contributed by atoms with van der Waals surface area (Å²) in [5.41, 5.74) is 1.65. The third-order valence-electron chi connectivity index (χ3n) is 2.28. The van der Waals surface area contributed by atoms with Gasteiger partial charge in [-0.15, -0.1) is 0 Å². The number of rotatable bonds is 2. The van der Waals surface area contributed by atoms with Crippen LogP contribution in [0.25, 0.3) is 0 Å². The molecule has 0 fully saturated rings. The van der Waals surface area contributed by atoms with Gasteiger partial charge in [0.05, 0.1) is 0 Å². The van der Waals surface area contributed by atoms with Crippen LogP contribution in [0.15, 0.2) is 54.3 Å². The number of urea groups is 1. The number of hydrogen-bond acceptors (Lipinski definition) is 1. The molecule has 1 aromatic rings. The van der Waals surface area contributed by atoms with Crippen LogP contribution in [-0.4, -0.2) is 6.03 Å². The number of allylic oxidation sites excluding steroid dienone is 3. The number of carbonyl (C=O) groups is 1. The third-order valence-corrected chi connectivity index (χ3v) is 2.28. The molecule has 0 aromatic heterocycles. The van der Waals surface area contributed by atoms with Crippen LogP contribution in [0.2, 0.25) is 0 Å². The van der Waals surface area contributed by atoms with Crippen molar-refractivity contribution in [2.75, 3.05) is 5.32 Å². The first-order valence-electron chi connectivity index (χ1n) is 5.34. The first-order chi connectivity index (χ1) is 7.84. The number of nitrogens with one attached hydrogen (secondary N) is 2. The molecule has 0 saturated carbocycles. The Morgan fingerprint density at radius 2 is 1.94 bits per heavy atom. The lowest BCUT2D eigenvalue weighted by molar-refractivity contribution is 0.254. The maximum absolute atomic E-state index is 11.6. The Balaban J connectivity index is 0.00000144. The van der Waals surface area contributed by atoms with Gasteiger partial charge in [0.2, 0.25) is 0 Å². The Kier molecular flexibility index (Phi) is 3.38. The summed E-state index contributed by atoms with van der Waals surface area (Å²) >= 11 is 0. The van der Waals surface area contributed by atoms with E-state index in [2.05, 4.69) is 16.7 Å². The van der Waals surface area contributed by atoms with E-state index in [-0.39, 0.29) is 8.88 Å². The zero-order chi connectivity index (χ0) is 11.2. The Hall–Kier alpha value is -2.03. The monoisotopic (exact) mass is 218 g/mol. The molecule has 1 aromatic carbocycles. The number of benzene rings is 1. The summed E-state index contributed by atoms with van der Waals surface area (Å²) in [5.74, 6) is 0. The highest BCUT2D eigenvalue weighted by Gasteiger charge is 2.03. The molecule has 3 heteroatoms. The summed E-state index contributed by atoms with van der Waals surface area (Å²) in [7, 11) is 0. The van der Waals surface area contributed by atoms with Crippen molar-refractivity contribution < 1.29 is 7.65 Å². The van der Waals surface area contributed by atoms with Gasteiger partial charge in [0.1, 0.15) is 0 Å². The van der Waals surface area contributed by atoms with Crippen LogP contribution in [0.5, 0.6) is 0 Å². The predicted molar refractivity (Wildman–Crippen MR) is 69.3 cm³/mol. The fourth-order valence-electron chi connectivity index (χ4n) is 1.52. The summed E-state index contributed by atoms with van der Waals surface area (Å²) in [6, 6.07) is 9.18. The van der Waals surface area contributed by atoms with Gasteiger partial charge in [-0.25, -0.2) is 4.79 Å². The van der Waals surface area contributed by atoms with Crippen LogP contribution in [0.1, 0.15) is 15.7 Å². The number of para-hydroxylation sites is 1. The Labute approximate surface area is 97.8 Å². The van der Waals surface area contributed by atoms with E-state index in [0.717, 1.165) is 24.2 Å². The molecule has 2 N–H and O–H groups in total. The minimum Gasteiger partial charge on any atom is -0.308 e. The van der Waals surface area contributed by atoms with Gasteiger partial charge < -0.3 is 10.6 Å². The number of carbonyl (C=O) groups excluding carboxylic acids is 1. The Bertz CT molecular complexity index is 430. The standard InChI is InChI=1S/C13H14N2O.2H2/c16-13(14-11-7-3-1-4-8-11)15-12-9-5-2-6-10-12;;/h1,3-5,7-10H,2,6H2,(H2,14,15,16);2*1H. The minimum absolute atomic E-state index is 0. The van der Waals surface area contributed by atoms with Crippen molar-refractivity contribution in [2.24, 2.45) is 0 Å². The number of anilines is 1. The van der Waals surface area contributed by atoms with Crippen LogP contribution in [-0.2, 0) is 0 Å². The molecule has 0 aliphatic heterocycles. The maximum atomic E-state index is 11.6. The van der Waals surface area contributed by atoms with E-state index >= 15 is 0 Å². The smallest absolute Gasteiger partial charge is 0.308 e. The van der Waals surface area contributed by atoms with E-state index in [1.807, 2.05) is 42.5 Å². The minimum atomic E-state index is -0.205. The summed E-state index contributed by atoms with van der Waals surface area (Å²) in [6.45, 7) is 0. The second-order valence-corrected chi connectivity index (χ2v) is 3.58. The summed E-state index contributed by atoms with van der Waals surface area (Å²) < 4.78 is 0. The highest BCUT2D eigenvalue weighted by Crippen LogP contribution is 2.08. The molecule has 0 bridgehead atoms. The molecule has 3 nitrogen and oxygen atoms in total. The van der Waals surface area contributed by atoms with Crippen molar-refractivity contribution in [1.82, 2.24) is 5.32 Å². The van der Waals surface area contributed by atoms with Crippen LogP contribution in [0.4, 0.5) is 10.5 Å². The first-order valence-corrected chi connectivity index (χ1v) is 5.34. The molecular formula is C13H18N2O. The molecule has 0 atom stereocenters. The molecular weight excluding hydrogens is 200 g/mol. The van der Waals surface area contributed by atoms with E-state index in [1.54, 1.807) is 0 Å². The van der Waals surface area contributed by atoms with Gasteiger partial charge in [-0.1, -0.05) is 30.4 Å². The largest absolute Gasteiger partial charge is 0.323 e. The molecule has 0 unspecified atom stereocenters. The SMILES string of the molecule is O=C(NC1=CCCC=C1)Nc1ccccc1.[HH].[HH]. The van der Waals surface area contributed by atoms with Crippen LogP contribution >= 0.6 is 0 Å². The van der Waals surface area contributed by atoms with E-state index in [0.29, 0.717) is 0 Å². The van der Waals surface area contributed by atoms with Gasteiger partial charge in [-0.05, 0) is 31.1 Å². The predicted octanol–water partition coefficient (Wildman–Crippen LogP) is 3.53. The molecule has 1 aliphatic rings. The summed E-state index contributed by atoms with van der Waals surface area (Å²) in [5, 5.41) is 5.56. The molecule has 1 aliphatic carbocycles. The lowest BCUT2D eigenvalue weighted by Gasteiger charge is -2.10. The zero-order valence-corrected chi connectivity index (χ0v) is 8.94. The molecule has 0 saturated heterocycles. The molecule has 2 amide bonds. The van der Waals surface area contributed by atoms with E-state index in [4.69, 9.17) is 0 Å². The van der Waals surface area contributed by atoms with Crippen molar-refractivity contribution in [3.63, 3.8) is 0 Å². The molecule has 0 spiro atoms. The normalized spacial score (nSPS) is 14.1. The van der Waals surface area contributed by atoms with Crippen LogP contribution in [0, 0.1) is 0 Å². The topological polar surface area (TPSA) is 41.1 Å². The highest BCUT2D eigenvalue weighted by atomic mass is 16.2. The van der Waals surface area contributed by atoms with Crippen LogP contribution < -0.4 is 10.6 Å². The molecule has 0 radical (unpaired) electrons. The van der Waals surface area contributed by atoms with Gasteiger partial charge in [0.25, 0.3) is 0 Å². The average molecular weight is 218 g/mol. The third kappa shape index (κ3) is 2.98. The fourth-order valence-corrected chi connectivity index (χ4v) is 1.52. The van der Waals surface area contributed by atoms with Crippen molar-refractivity contribution in [3.8, 4) is 0 Å². The Morgan fingerprint density at radius 3 is 2.62 bits per heavy atom. The number of hydrogen-bond donors (Lipinski definition) is 2. The van der Waals surface area contributed by atoms with Gasteiger partial charge in [-0.3, -0.25) is 0 Å². The van der Waals surface area contributed by atoms with Gasteiger partial charge >= 0.3 is 6.03 Å². The summed E-state index contributed by atoms with van der Waals surface area (Å²) in [6.07, 6.45) is 8.03. The van der Waals surface area contributed by atoms with E-state index < -0.39 is 0 Å². The van der Waals surface area contributed by atoms with Crippen molar-refractivity contribution in [3.05, 3.63) is 54.3 Å². The van der Waals surface area contributed by atoms with Gasteiger partial charge in [0.15, 0.2) is 0 Å². The molecule has 2 rings (SSSR count). The van der Waals surface area contributed by atoms with Gasteiger partial charge in [0, 0.05) is 14.2 Å². The molecule has 0 heterocycles. The van der Waals surface area contributed by atoms with E-state index in [1.165, 1.54) is 0 Å². The average Bonchev–Trinajstić information content (AvgIpc) is 2.31. The molecule has 16 heavy (non-hydrogen) atoms. The molecule has 86 valence electrons.